The third-order valence-corrected chi connectivity index (χ3v) is 5.59. The Labute approximate surface area is 169 Å². The normalized spacial score (nSPS) is 11.3. The standard InChI is InChI=1S/C21H19N5O2S/c1-29(27,28)18-8-6-17(7-9-18)26-15-21(24-25-26)19-4-2-3-5-20(19)23-14-16-10-12-22-13-11-16/h2-13,15,23H,14H2,1H3. The highest BCUT2D eigenvalue weighted by Crippen LogP contribution is 2.27. The number of pyridine rings is 1. The number of aromatic nitrogens is 4. The largest absolute Gasteiger partial charge is 0.380 e. The molecule has 0 aliphatic rings. The van der Waals surface area contributed by atoms with Crippen molar-refractivity contribution < 1.29 is 8.42 Å². The minimum Gasteiger partial charge on any atom is -0.380 e. The fourth-order valence-electron chi connectivity index (χ4n) is 2.92. The van der Waals surface area contributed by atoms with E-state index in [4.69, 9.17) is 0 Å². The lowest BCUT2D eigenvalue weighted by molar-refractivity contribution is 0.602. The number of anilines is 1. The summed E-state index contributed by atoms with van der Waals surface area (Å²) in [5, 5.41) is 11.9. The van der Waals surface area contributed by atoms with Crippen LogP contribution >= 0.6 is 0 Å². The van der Waals surface area contributed by atoms with E-state index in [1.54, 1.807) is 41.3 Å². The molecule has 2 heterocycles. The van der Waals surface area contributed by atoms with E-state index in [1.165, 1.54) is 6.26 Å². The Morgan fingerprint density at radius 2 is 1.69 bits per heavy atom. The van der Waals surface area contributed by atoms with Gasteiger partial charge in [-0.05, 0) is 48.0 Å². The van der Waals surface area contributed by atoms with Gasteiger partial charge >= 0.3 is 0 Å². The van der Waals surface area contributed by atoms with Crippen molar-refractivity contribution in [3.63, 3.8) is 0 Å². The third-order valence-electron chi connectivity index (χ3n) is 4.46. The van der Waals surface area contributed by atoms with Crippen LogP contribution in [0.15, 0.2) is 84.1 Å². The molecule has 0 radical (unpaired) electrons. The smallest absolute Gasteiger partial charge is 0.175 e. The van der Waals surface area contributed by atoms with Crippen molar-refractivity contribution >= 4 is 15.5 Å². The molecule has 0 aliphatic carbocycles. The zero-order valence-electron chi connectivity index (χ0n) is 15.7. The monoisotopic (exact) mass is 405 g/mol. The quantitative estimate of drug-likeness (QED) is 0.529. The summed E-state index contributed by atoms with van der Waals surface area (Å²) in [4.78, 5) is 4.30. The summed E-state index contributed by atoms with van der Waals surface area (Å²) in [6.07, 6.45) is 6.54. The molecule has 0 saturated heterocycles. The van der Waals surface area contributed by atoms with Crippen molar-refractivity contribution in [2.24, 2.45) is 0 Å². The molecule has 0 atom stereocenters. The molecule has 8 heteroatoms. The van der Waals surface area contributed by atoms with Crippen LogP contribution in [0.25, 0.3) is 16.9 Å². The van der Waals surface area contributed by atoms with Gasteiger partial charge in [-0.25, -0.2) is 13.1 Å². The lowest BCUT2D eigenvalue weighted by atomic mass is 10.1. The van der Waals surface area contributed by atoms with Crippen LogP contribution < -0.4 is 5.32 Å². The predicted molar refractivity (Wildman–Crippen MR) is 111 cm³/mol. The van der Waals surface area contributed by atoms with Crippen molar-refractivity contribution in [1.29, 1.82) is 0 Å². The highest BCUT2D eigenvalue weighted by Gasteiger charge is 2.11. The summed E-state index contributed by atoms with van der Waals surface area (Å²) in [5.41, 5.74) is 4.46. The van der Waals surface area contributed by atoms with Crippen LogP contribution in [0.5, 0.6) is 0 Å². The lowest BCUT2D eigenvalue weighted by Gasteiger charge is -2.10. The summed E-state index contributed by atoms with van der Waals surface area (Å²) in [6, 6.07) is 18.4. The van der Waals surface area contributed by atoms with Gasteiger partial charge in [0.1, 0.15) is 5.69 Å². The number of nitrogens with one attached hydrogen (secondary N) is 1. The van der Waals surface area contributed by atoms with Gasteiger partial charge in [-0.15, -0.1) is 5.10 Å². The van der Waals surface area contributed by atoms with E-state index >= 15 is 0 Å². The predicted octanol–water partition coefficient (Wildman–Crippen LogP) is 3.34. The zero-order chi connectivity index (χ0) is 20.3. The fraction of sp³-hybridized carbons (Fsp3) is 0.0952. The molecule has 7 nitrogen and oxygen atoms in total. The first-order valence-corrected chi connectivity index (χ1v) is 10.8. The average Bonchev–Trinajstić information content (AvgIpc) is 3.23. The number of para-hydroxylation sites is 1. The van der Waals surface area contributed by atoms with Gasteiger partial charge < -0.3 is 5.32 Å². The zero-order valence-corrected chi connectivity index (χ0v) is 16.5. The molecule has 0 fully saturated rings. The van der Waals surface area contributed by atoms with Crippen molar-refractivity contribution in [2.45, 2.75) is 11.4 Å². The Kier molecular flexibility index (Phi) is 5.09. The fourth-order valence-corrected chi connectivity index (χ4v) is 3.55. The van der Waals surface area contributed by atoms with Crippen molar-refractivity contribution in [3.05, 3.63) is 84.8 Å². The number of hydrogen-bond acceptors (Lipinski definition) is 6. The second kappa shape index (κ2) is 7.84. The first kappa shape index (κ1) is 18.8. The lowest BCUT2D eigenvalue weighted by Crippen LogP contribution is -2.01. The van der Waals surface area contributed by atoms with Crippen LogP contribution in [-0.2, 0) is 16.4 Å². The van der Waals surface area contributed by atoms with Gasteiger partial charge in [0.05, 0.1) is 16.8 Å². The summed E-state index contributed by atoms with van der Waals surface area (Å²) < 4.78 is 24.9. The second-order valence-electron chi connectivity index (χ2n) is 6.57. The third kappa shape index (κ3) is 4.33. The van der Waals surface area contributed by atoms with Crippen LogP contribution in [0.4, 0.5) is 5.69 Å². The number of rotatable bonds is 6. The summed E-state index contributed by atoms with van der Waals surface area (Å²) in [6.45, 7) is 0.667. The number of sulfone groups is 1. The molecule has 0 unspecified atom stereocenters. The first-order chi connectivity index (χ1) is 14.0. The maximum atomic E-state index is 11.6. The maximum absolute atomic E-state index is 11.6. The van der Waals surface area contributed by atoms with E-state index in [9.17, 15) is 8.42 Å². The van der Waals surface area contributed by atoms with Crippen molar-refractivity contribution in [2.75, 3.05) is 11.6 Å². The SMILES string of the molecule is CS(=O)(=O)c1ccc(-n2cc(-c3ccccc3NCc3ccncc3)nn2)cc1. The molecule has 0 aliphatic heterocycles. The van der Waals surface area contributed by atoms with Gasteiger partial charge in [0.2, 0.25) is 0 Å². The summed E-state index contributed by atoms with van der Waals surface area (Å²) >= 11 is 0. The molecule has 0 bridgehead atoms. The average molecular weight is 405 g/mol. The molecule has 0 saturated carbocycles. The second-order valence-corrected chi connectivity index (χ2v) is 8.58. The Morgan fingerprint density at radius 3 is 2.41 bits per heavy atom. The molecular weight excluding hydrogens is 386 g/mol. The van der Waals surface area contributed by atoms with Crippen LogP contribution in [-0.4, -0.2) is 34.7 Å². The van der Waals surface area contributed by atoms with E-state index < -0.39 is 9.84 Å². The number of benzene rings is 2. The summed E-state index contributed by atoms with van der Waals surface area (Å²) in [5.74, 6) is 0. The molecule has 4 rings (SSSR count). The van der Waals surface area contributed by atoms with Gasteiger partial charge in [-0.2, -0.15) is 0 Å². The molecule has 2 aromatic heterocycles. The summed E-state index contributed by atoms with van der Waals surface area (Å²) in [7, 11) is -3.23. The van der Waals surface area contributed by atoms with E-state index in [-0.39, 0.29) is 4.90 Å². The van der Waals surface area contributed by atoms with Gasteiger partial charge in [-0.1, -0.05) is 23.4 Å². The molecule has 2 aromatic carbocycles. The minimum absolute atomic E-state index is 0.271. The van der Waals surface area contributed by atoms with Crippen LogP contribution in [0.3, 0.4) is 0 Å². The van der Waals surface area contributed by atoms with Crippen LogP contribution in [0.1, 0.15) is 5.56 Å². The number of nitrogens with zero attached hydrogens (tertiary/aromatic N) is 4. The maximum Gasteiger partial charge on any atom is 0.175 e. The van der Waals surface area contributed by atoms with Gasteiger partial charge in [-0.3, -0.25) is 4.98 Å². The highest BCUT2D eigenvalue weighted by atomic mass is 32.2. The molecule has 0 spiro atoms. The molecule has 146 valence electrons. The topological polar surface area (TPSA) is 89.8 Å². The Morgan fingerprint density at radius 1 is 0.966 bits per heavy atom. The molecular formula is C21H19N5O2S. The van der Waals surface area contributed by atoms with E-state index in [0.717, 1.165) is 28.2 Å². The van der Waals surface area contributed by atoms with Crippen LogP contribution in [0, 0.1) is 0 Å². The highest BCUT2D eigenvalue weighted by molar-refractivity contribution is 7.90. The first-order valence-electron chi connectivity index (χ1n) is 8.96. The molecule has 29 heavy (non-hydrogen) atoms. The van der Waals surface area contributed by atoms with Gasteiger partial charge in [0, 0.05) is 36.4 Å². The Bertz CT molecular complexity index is 1220. The Hall–Kier alpha value is -3.52. The number of hydrogen-bond donors (Lipinski definition) is 1. The molecule has 1 N–H and O–H groups in total. The van der Waals surface area contributed by atoms with Crippen molar-refractivity contribution in [1.82, 2.24) is 20.0 Å². The van der Waals surface area contributed by atoms with E-state index in [2.05, 4.69) is 20.6 Å². The molecule has 4 aromatic rings. The minimum atomic E-state index is -3.23. The Balaban J connectivity index is 1.58. The van der Waals surface area contributed by atoms with Crippen LogP contribution in [0.2, 0.25) is 0 Å². The van der Waals surface area contributed by atoms with E-state index in [1.807, 2.05) is 42.6 Å². The molecule has 0 amide bonds. The van der Waals surface area contributed by atoms with E-state index in [0.29, 0.717) is 6.54 Å². The van der Waals surface area contributed by atoms with Crippen molar-refractivity contribution in [3.8, 4) is 16.9 Å². The van der Waals surface area contributed by atoms with Gasteiger partial charge in [0.25, 0.3) is 0 Å². The van der Waals surface area contributed by atoms with Gasteiger partial charge in [0.15, 0.2) is 9.84 Å².